The van der Waals surface area contributed by atoms with E-state index in [9.17, 15) is 18.0 Å². The third kappa shape index (κ3) is 4.31. The second-order valence-corrected chi connectivity index (χ2v) is 6.62. The Morgan fingerprint density at radius 2 is 1.81 bits per heavy atom. The number of carbonyl (C=O) groups is 1. The third-order valence-corrected chi connectivity index (χ3v) is 4.45. The molecule has 8 nitrogen and oxygen atoms in total. The fourth-order valence-corrected chi connectivity index (χ4v) is 3.08. The average molecular weight is 443 g/mol. The van der Waals surface area contributed by atoms with Crippen molar-refractivity contribution < 1.29 is 27.4 Å². The molecule has 0 aliphatic carbocycles. The smallest absolute Gasteiger partial charge is 0.496 e. The van der Waals surface area contributed by atoms with Gasteiger partial charge in [0.15, 0.2) is 17.3 Å². The van der Waals surface area contributed by atoms with Gasteiger partial charge in [-0.15, -0.1) is 28.2 Å². The lowest BCUT2D eigenvalue weighted by molar-refractivity contribution is -0.274. The minimum atomic E-state index is -4.79. The molecule has 2 heterocycles. The number of halogens is 3. The van der Waals surface area contributed by atoms with Gasteiger partial charge in [-0.1, -0.05) is 0 Å². The summed E-state index contributed by atoms with van der Waals surface area (Å²) >= 11 is 0. The summed E-state index contributed by atoms with van der Waals surface area (Å²) in [5.41, 5.74) is 1.57. The lowest BCUT2D eigenvalue weighted by Gasteiger charge is -2.10. The van der Waals surface area contributed by atoms with Gasteiger partial charge >= 0.3 is 6.36 Å². The van der Waals surface area contributed by atoms with Crippen LogP contribution in [-0.4, -0.2) is 39.2 Å². The molecule has 11 heteroatoms. The van der Waals surface area contributed by atoms with Crippen LogP contribution in [-0.2, 0) is 0 Å². The molecule has 0 saturated carbocycles. The number of anilines is 2. The number of nitrogens with zero attached hydrogens (tertiary/aromatic N) is 4. The Bertz CT molecular complexity index is 1290. The van der Waals surface area contributed by atoms with E-state index in [1.165, 1.54) is 19.1 Å². The second kappa shape index (κ2) is 8.17. The lowest BCUT2D eigenvalue weighted by Crippen LogP contribution is -2.17. The molecule has 0 bridgehead atoms. The summed E-state index contributed by atoms with van der Waals surface area (Å²) in [6, 6.07) is 12.1. The van der Waals surface area contributed by atoms with Crippen LogP contribution in [0.15, 0.2) is 54.7 Å². The van der Waals surface area contributed by atoms with E-state index < -0.39 is 6.36 Å². The molecule has 1 N–H and O–H groups in total. The molecule has 0 aliphatic rings. The highest BCUT2D eigenvalue weighted by Crippen LogP contribution is 2.32. The second-order valence-electron chi connectivity index (χ2n) is 6.62. The van der Waals surface area contributed by atoms with Crippen molar-refractivity contribution in [2.45, 2.75) is 13.3 Å². The molecule has 0 amide bonds. The molecule has 32 heavy (non-hydrogen) atoms. The molecule has 2 aromatic carbocycles. The van der Waals surface area contributed by atoms with Crippen molar-refractivity contribution in [3.63, 3.8) is 0 Å². The monoisotopic (exact) mass is 443 g/mol. The van der Waals surface area contributed by atoms with Crippen LogP contribution in [0, 0.1) is 0 Å². The summed E-state index contributed by atoms with van der Waals surface area (Å²) < 4.78 is 46.3. The minimum Gasteiger partial charge on any atom is -0.496 e. The molecule has 0 saturated heterocycles. The maximum absolute atomic E-state index is 12.4. The SMILES string of the molecule is COc1ccc(Nc2nn(-c3ccc(OC(F)(F)F)cc3)nc2C(C)=O)c2ncccc12. The van der Waals surface area contributed by atoms with Gasteiger partial charge in [0.1, 0.15) is 11.5 Å². The molecule has 0 aliphatic heterocycles. The Morgan fingerprint density at radius 1 is 1.06 bits per heavy atom. The number of Topliss-reactive ketones (excluding diaryl/α,β-unsaturated/α-hetero) is 1. The van der Waals surface area contributed by atoms with Gasteiger partial charge in [-0.05, 0) is 48.5 Å². The van der Waals surface area contributed by atoms with Gasteiger partial charge in [-0.2, -0.15) is 0 Å². The van der Waals surface area contributed by atoms with Crippen LogP contribution < -0.4 is 14.8 Å². The van der Waals surface area contributed by atoms with Gasteiger partial charge in [0.25, 0.3) is 0 Å². The standard InChI is InChI=1S/C21H16F3N5O3/c1-12(30)18-20(26-16-9-10-17(31-2)15-4-3-11-25-19(15)16)28-29(27-18)13-5-7-14(8-6-13)32-21(22,23)24/h3-11H,1-2H3,(H,26,28). The summed E-state index contributed by atoms with van der Waals surface area (Å²) in [6.45, 7) is 1.34. The summed E-state index contributed by atoms with van der Waals surface area (Å²) in [4.78, 5) is 17.7. The van der Waals surface area contributed by atoms with Crippen LogP contribution in [0.2, 0.25) is 0 Å². The zero-order chi connectivity index (χ0) is 22.9. The Kier molecular flexibility index (Phi) is 5.39. The van der Waals surface area contributed by atoms with Crippen molar-refractivity contribution in [2.24, 2.45) is 0 Å². The number of hydrogen-bond acceptors (Lipinski definition) is 7. The first-order chi connectivity index (χ1) is 15.2. The molecule has 0 spiro atoms. The van der Waals surface area contributed by atoms with Crippen molar-refractivity contribution >= 4 is 28.2 Å². The van der Waals surface area contributed by atoms with E-state index in [1.54, 1.807) is 31.5 Å². The lowest BCUT2D eigenvalue weighted by atomic mass is 10.1. The summed E-state index contributed by atoms with van der Waals surface area (Å²) in [6.07, 6.45) is -3.17. The number of ketones is 1. The van der Waals surface area contributed by atoms with Gasteiger partial charge < -0.3 is 14.8 Å². The first-order valence-corrected chi connectivity index (χ1v) is 9.28. The third-order valence-electron chi connectivity index (χ3n) is 4.45. The van der Waals surface area contributed by atoms with Crippen LogP contribution in [0.4, 0.5) is 24.7 Å². The normalized spacial score (nSPS) is 11.4. The number of nitrogens with one attached hydrogen (secondary N) is 1. The predicted octanol–water partition coefficient (Wildman–Crippen LogP) is 4.67. The number of carbonyl (C=O) groups excluding carboxylic acids is 1. The predicted molar refractivity (Wildman–Crippen MR) is 110 cm³/mol. The maximum Gasteiger partial charge on any atom is 0.573 e. The van der Waals surface area contributed by atoms with E-state index in [-0.39, 0.29) is 23.0 Å². The number of hydrogen-bond donors (Lipinski definition) is 1. The number of aromatic nitrogens is 4. The highest BCUT2D eigenvalue weighted by Gasteiger charge is 2.31. The van der Waals surface area contributed by atoms with E-state index in [0.29, 0.717) is 22.6 Å². The van der Waals surface area contributed by atoms with E-state index in [2.05, 4.69) is 25.2 Å². The van der Waals surface area contributed by atoms with E-state index in [0.717, 1.165) is 22.3 Å². The summed E-state index contributed by atoms with van der Waals surface area (Å²) in [5.74, 6) is 0.0800. The zero-order valence-corrected chi connectivity index (χ0v) is 16.8. The Morgan fingerprint density at radius 3 is 2.47 bits per heavy atom. The van der Waals surface area contributed by atoms with Gasteiger partial charge in [0.2, 0.25) is 0 Å². The van der Waals surface area contributed by atoms with Crippen molar-refractivity contribution in [1.29, 1.82) is 0 Å². The van der Waals surface area contributed by atoms with Crippen LogP contribution in [0.5, 0.6) is 11.5 Å². The Labute approximate surface area is 179 Å². The molecule has 4 rings (SSSR count). The molecule has 164 valence electrons. The molecule has 0 unspecified atom stereocenters. The Balaban J connectivity index is 1.69. The van der Waals surface area contributed by atoms with Crippen molar-refractivity contribution in [1.82, 2.24) is 20.0 Å². The first kappa shape index (κ1) is 21.1. The topological polar surface area (TPSA) is 91.2 Å². The molecule has 0 fully saturated rings. The van der Waals surface area contributed by atoms with Crippen molar-refractivity contribution in [3.05, 3.63) is 60.4 Å². The van der Waals surface area contributed by atoms with Gasteiger partial charge in [0.05, 0.1) is 24.0 Å². The molecular weight excluding hydrogens is 427 g/mol. The Hall–Kier alpha value is -4.15. The number of methoxy groups -OCH3 is 1. The van der Waals surface area contributed by atoms with Crippen molar-refractivity contribution in [2.75, 3.05) is 12.4 Å². The molecule has 0 atom stereocenters. The van der Waals surface area contributed by atoms with Gasteiger partial charge in [0, 0.05) is 18.5 Å². The number of benzene rings is 2. The molecule has 0 radical (unpaired) electrons. The number of rotatable bonds is 6. The van der Waals surface area contributed by atoms with Crippen LogP contribution in [0.25, 0.3) is 16.6 Å². The van der Waals surface area contributed by atoms with Crippen LogP contribution >= 0.6 is 0 Å². The number of fused-ring (bicyclic) bond motifs is 1. The average Bonchev–Trinajstić information content (AvgIpc) is 3.17. The van der Waals surface area contributed by atoms with Gasteiger partial charge in [-0.3, -0.25) is 9.78 Å². The summed E-state index contributed by atoms with van der Waals surface area (Å²) in [7, 11) is 1.55. The van der Waals surface area contributed by atoms with E-state index in [1.807, 2.05) is 6.07 Å². The number of ether oxygens (including phenoxy) is 2. The molecule has 2 aromatic heterocycles. The maximum atomic E-state index is 12.4. The quantitative estimate of drug-likeness (QED) is 0.433. The van der Waals surface area contributed by atoms with Gasteiger partial charge in [-0.25, -0.2) is 0 Å². The zero-order valence-electron chi connectivity index (χ0n) is 16.8. The first-order valence-electron chi connectivity index (χ1n) is 9.28. The van der Waals surface area contributed by atoms with E-state index in [4.69, 9.17) is 4.74 Å². The highest BCUT2D eigenvalue weighted by molar-refractivity contribution is 6.00. The van der Waals surface area contributed by atoms with Crippen LogP contribution in [0.3, 0.4) is 0 Å². The molecular formula is C21H16F3N5O3. The minimum absolute atomic E-state index is 0.0560. The number of alkyl halides is 3. The van der Waals surface area contributed by atoms with Crippen LogP contribution in [0.1, 0.15) is 17.4 Å². The molecule has 4 aromatic rings. The van der Waals surface area contributed by atoms with Crippen molar-refractivity contribution in [3.8, 4) is 17.2 Å². The highest BCUT2D eigenvalue weighted by atomic mass is 19.4. The fourth-order valence-electron chi connectivity index (χ4n) is 3.08. The number of pyridine rings is 1. The van der Waals surface area contributed by atoms with E-state index >= 15 is 0 Å². The largest absolute Gasteiger partial charge is 0.573 e. The summed E-state index contributed by atoms with van der Waals surface area (Å²) in [5, 5.41) is 12.3. The fraction of sp³-hybridized carbons (Fsp3) is 0.143.